The number of hydrogen-bond acceptors (Lipinski definition) is 4. The average molecular weight is 330 g/mol. The van der Waals surface area contributed by atoms with Gasteiger partial charge in [-0.2, -0.15) is 0 Å². The Labute approximate surface area is 141 Å². The van der Waals surface area contributed by atoms with Gasteiger partial charge in [0.05, 0.1) is 0 Å². The van der Waals surface area contributed by atoms with E-state index in [9.17, 15) is 14.4 Å². The molecule has 24 heavy (non-hydrogen) atoms. The number of benzene rings is 1. The summed E-state index contributed by atoms with van der Waals surface area (Å²) < 4.78 is 5.22. The zero-order valence-electron chi connectivity index (χ0n) is 14.0. The van der Waals surface area contributed by atoms with E-state index in [1.165, 1.54) is 0 Å². The third kappa shape index (κ3) is 2.88. The number of aryl methyl sites for hydroxylation is 1. The van der Waals surface area contributed by atoms with Crippen molar-refractivity contribution in [3.05, 3.63) is 29.8 Å². The predicted molar refractivity (Wildman–Crippen MR) is 87.4 cm³/mol. The molecule has 0 radical (unpaired) electrons. The quantitative estimate of drug-likeness (QED) is 0.524. The number of nitrogens with one attached hydrogen (secondary N) is 1. The van der Waals surface area contributed by atoms with Crippen LogP contribution in [0.15, 0.2) is 24.3 Å². The second-order valence-electron chi connectivity index (χ2n) is 6.73. The van der Waals surface area contributed by atoms with Gasteiger partial charge >= 0.3 is 12.0 Å². The van der Waals surface area contributed by atoms with E-state index >= 15 is 0 Å². The molecule has 3 amide bonds. The molecular formula is C18H22N2O4. The van der Waals surface area contributed by atoms with Crippen LogP contribution >= 0.6 is 0 Å². The van der Waals surface area contributed by atoms with Crippen LogP contribution in [-0.4, -0.2) is 34.9 Å². The van der Waals surface area contributed by atoms with Crippen LogP contribution in [0.2, 0.25) is 0 Å². The Morgan fingerprint density at radius 3 is 2.67 bits per heavy atom. The molecule has 0 bridgehead atoms. The maximum atomic E-state index is 12.8. The first-order chi connectivity index (χ1) is 11.4. The Bertz CT molecular complexity index is 670. The number of carbonyl (C=O) groups is 3. The van der Waals surface area contributed by atoms with Crippen LogP contribution in [0.4, 0.5) is 4.79 Å². The van der Waals surface area contributed by atoms with Crippen LogP contribution < -0.4 is 10.1 Å². The number of rotatable bonds is 3. The van der Waals surface area contributed by atoms with Crippen molar-refractivity contribution in [2.45, 2.75) is 45.1 Å². The van der Waals surface area contributed by atoms with Gasteiger partial charge in [-0.05, 0) is 37.8 Å². The Balaban J connectivity index is 1.68. The Morgan fingerprint density at radius 2 is 2.00 bits per heavy atom. The van der Waals surface area contributed by atoms with E-state index in [0.29, 0.717) is 12.2 Å². The highest BCUT2D eigenvalue weighted by Gasteiger charge is 2.55. The maximum absolute atomic E-state index is 12.8. The lowest BCUT2D eigenvalue weighted by molar-refractivity contribution is -0.142. The van der Waals surface area contributed by atoms with Crippen LogP contribution in [0, 0.1) is 12.8 Å². The fourth-order valence-electron chi connectivity index (χ4n) is 3.54. The van der Waals surface area contributed by atoms with Crippen LogP contribution in [0.3, 0.4) is 0 Å². The summed E-state index contributed by atoms with van der Waals surface area (Å²) in [6.07, 6.45) is 3.48. The number of esters is 1. The monoisotopic (exact) mass is 330 g/mol. The summed E-state index contributed by atoms with van der Waals surface area (Å²) in [6, 6.07) is 6.52. The summed E-state index contributed by atoms with van der Waals surface area (Å²) in [6.45, 7) is 3.54. The first-order valence-corrected chi connectivity index (χ1v) is 8.34. The van der Waals surface area contributed by atoms with Crippen molar-refractivity contribution in [1.82, 2.24) is 10.2 Å². The van der Waals surface area contributed by atoms with E-state index in [1.807, 2.05) is 26.0 Å². The van der Waals surface area contributed by atoms with E-state index in [0.717, 1.165) is 29.7 Å². The van der Waals surface area contributed by atoms with Gasteiger partial charge in [-0.15, -0.1) is 0 Å². The van der Waals surface area contributed by atoms with Crippen LogP contribution in [0.5, 0.6) is 5.75 Å². The number of amides is 3. The smallest absolute Gasteiger partial charge is 0.331 e. The first-order valence-electron chi connectivity index (χ1n) is 8.34. The van der Waals surface area contributed by atoms with Crippen molar-refractivity contribution in [3.63, 3.8) is 0 Å². The van der Waals surface area contributed by atoms with E-state index in [2.05, 4.69) is 5.32 Å². The molecule has 1 aliphatic carbocycles. The molecule has 2 unspecified atom stereocenters. The van der Waals surface area contributed by atoms with Gasteiger partial charge in [0.25, 0.3) is 5.91 Å². The van der Waals surface area contributed by atoms with E-state index in [1.54, 1.807) is 12.1 Å². The number of hydrogen-bond donors (Lipinski definition) is 1. The highest BCUT2D eigenvalue weighted by atomic mass is 16.5. The van der Waals surface area contributed by atoms with Gasteiger partial charge in [0.1, 0.15) is 17.8 Å². The lowest BCUT2D eigenvalue weighted by Crippen LogP contribution is -2.54. The van der Waals surface area contributed by atoms with E-state index in [-0.39, 0.29) is 18.4 Å². The number of carbonyl (C=O) groups excluding carboxylic acids is 3. The normalized spacial score (nSPS) is 26.6. The molecule has 0 aromatic heterocycles. The minimum absolute atomic E-state index is 0.0702. The number of imide groups is 1. The number of nitrogens with zero attached hydrogens (tertiary/aromatic N) is 1. The zero-order chi connectivity index (χ0) is 17.3. The van der Waals surface area contributed by atoms with Crippen molar-refractivity contribution in [2.24, 2.45) is 5.92 Å². The van der Waals surface area contributed by atoms with Crippen molar-refractivity contribution in [1.29, 1.82) is 0 Å². The van der Waals surface area contributed by atoms with Crippen LogP contribution in [0.25, 0.3) is 0 Å². The predicted octanol–water partition coefficient (Wildman–Crippen LogP) is 2.40. The molecule has 1 aromatic rings. The van der Waals surface area contributed by atoms with Gasteiger partial charge < -0.3 is 10.1 Å². The van der Waals surface area contributed by atoms with Crippen molar-refractivity contribution in [3.8, 4) is 5.75 Å². The molecule has 1 saturated carbocycles. The molecule has 1 aliphatic heterocycles. The lowest BCUT2D eigenvalue weighted by atomic mass is 9.73. The highest BCUT2D eigenvalue weighted by Crippen LogP contribution is 2.38. The molecule has 1 saturated heterocycles. The number of ether oxygens (including phenoxy) is 1. The molecule has 3 rings (SSSR count). The van der Waals surface area contributed by atoms with Gasteiger partial charge in [0.15, 0.2) is 0 Å². The van der Waals surface area contributed by atoms with E-state index in [4.69, 9.17) is 4.74 Å². The third-order valence-electron chi connectivity index (χ3n) is 5.04. The van der Waals surface area contributed by atoms with Crippen molar-refractivity contribution < 1.29 is 19.1 Å². The average Bonchev–Trinajstić information content (AvgIpc) is 2.78. The van der Waals surface area contributed by atoms with Crippen molar-refractivity contribution in [2.75, 3.05) is 6.54 Å². The van der Waals surface area contributed by atoms with Gasteiger partial charge in [-0.25, -0.2) is 9.59 Å². The zero-order valence-corrected chi connectivity index (χ0v) is 14.0. The molecule has 1 aromatic carbocycles. The largest absolute Gasteiger partial charge is 0.425 e. The molecule has 1 N–H and O–H groups in total. The van der Waals surface area contributed by atoms with Gasteiger partial charge in [-0.3, -0.25) is 9.69 Å². The molecule has 6 nitrogen and oxygen atoms in total. The summed E-state index contributed by atoms with van der Waals surface area (Å²) in [5, 5.41) is 2.83. The molecule has 1 spiro atoms. The molecule has 2 fully saturated rings. The molecule has 1 heterocycles. The topological polar surface area (TPSA) is 75.7 Å². The Morgan fingerprint density at radius 1 is 1.29 bits per heavy atom. The second kappa shape index (κ2) is 6.26. The minimum atomic E-state index is -0.848. The second-order valence-corrected chi connectivity index (χ2v) is 6.73. The Hall–Kier alpha value is -2.37. The van der Waals surface area contributed by atoms with Gasteiger partial charge in [0, 0.05) is 0 Å². The van der Waals surface area contributed by atoms with Crippen LogP contribution in [-0.2, 0) is 9.59 Å². The Kier molecular flexibility index (Phi) is 4.30. The fraction of sp³-hybridized carbons (Fsp3) is 0.500. The first kappa shape index (κ1) is 16.5. The number of urea groups is 1. The van der Waals surface area contributed by atoms with Gasteiger partial charge in [0.2, 0.25) is 0 Å². The fourth-order valence-corrected chi connectivity index (χ4v) is 3.54. The highest BCUT2D eigenvalue weighted by molar-refractivity contribution is 6.09. The summed E-state index contributed by atoms with van der Waals surface area (Å²) >= 11 is 0. The van der Waals surface area contributed by atoms with Crippen LogP contribution in [0.1, 0.15) is 38.2 Å². The van der Waals surface area contributed by atoms with Gasteiger partial charge in [-0.1, -0.05) is 37.5 Å². The molecule has 6 heteroatoms. The molecule has 2 atom stereocenters. The van der Waals surface area contributed by atoms with Crippen molar-refractivity contribution >= 4 is 17.9 Å². The summed E-state index contributed by atoms with van der Waals surface area (Å²) in [7, 11) is 0. The lowest BCUT2D eigenvalue weighted by Gasteiger charge is -2.36. The summed E-state index contributed by atoms with van der Waals surface area (Å²) in [5.74, 6) is -0.456. The maximum Gasteiger partial charge on any atom is 0.331 e. The summed E-state index contributed by atoms with van der Waals surface area (Å²) in [5.41, 5.74) is 0.205. The van der Waals surface area contributed by atoms with E-state index < -0.39 is 17.5 Å². The molecule has 2 aliphatic rings. The molecular weight excluding hydrogens is 308 g/mol. The minimum Gasteiger partial charge on any atom is -0.425 e. The molecule has 128 valence electrons. The SMILES string of the molecule is Cc1ccc(OC(=O)CN2C(=O)NC3(CCCCC3C)C2=O)cc1. The summed E-state index contributed by atoms with van der Waals surface area (Å²) in [4.78, 5) is 38.1. The third-order valence-corrected chi connectivity index (χ3v) is 5.04. The standard InChI is InChI=1S/C18H22N2O4/c1-12-6-8-14(9-7-12)24-15(21)11-20-16(22)18(19-17(20)23)10-4-3-5-13(18)2/h6-9,13H,3-5,10-11H2,1-2H3,(H,19,23).